The molecule has 4 rings (SSSR count). The number of benzene rings is 1. The Balaban J connectivity index is 1.17. The number of hydrogen-bond donors (Lipinski definition) is 1. The molecule has 0 saturated carbocycles. The summed E-state index contributed by atoms with van der Waals surface area (Å²) in [6.45, 7) is 4.39. The van der Waals surface area contributed by atoms with Crippen molar-refractivity contribution in [3.63, 3.8) is 0 Å². The molecule has 10 heteroatoms. The lowest BCUT2D eigenvalue weighted by atomic mass is 9.92. The average molecular weight is 507 g/mol. The standard InChI is InChI=1S/C27H31FN6O3/c1-3-6-24-32-25(33-37-24)20-17-30-27(31-18-20)34-13-10-19(11-14-34)7-5-15-36-21-8-9-22(23(28)16-21)26(35)29-12-4-2/h2,8-9,16-19H,3,5-7,10-15H2,1H3,(H,29,35). The summed E-state index contributed by atoms with van der Waals surface area (Å²) in [5, 5.41) is 6.46. The number of terminal acetylenes is 1. The van der Waals surface area contributed by atoms with Crippen LogP contribution in [-0.2, 0) is 6.42 Å². The minimum absolute atomic E-state index is 0.0517. The maximum atomic E-state index is 14.2. The molecule has 1 saturated heterocycles. The molecule has 3 heterocycles. The zero-order valence-corrected chi connectivity index (χ0v) is 21.0. The molecular weight excluding hydrogens is 475 g/mol. The number of amides is 1. The van der Waals surface area contributed by atoms with Crippen LogP contribution in [0.5, 0.6) is 5.75 Å². The molecule has 1 aliphatic heterocycles. The molecule has 1 aromatic carbocycles. The van der Waals surface area contributed by atoms with Crippen molar-refractivity contribution in [2.45, 2.75) is 45.4 Å². The SMILES string of the molecule is C#CCNC(=O)c1ccc(OCCCC2CCN(c3ncc(-c4noc(CCC)n4)cn3)CC2)cc1F. The summed E-state index contributed by atoms with van der Waals surface area (Å²) in [7, 11) is 0. The maximum Gasteiger partial charge on any atom is 0.255 e. The number of aryl methyl sites for hydroxylation is 1. The Labute approximate surface area is 215 Å². The molecular formula is C27H31FN6O3. The minimum Gasteiger partial charge on any atom is -0.493 e. The van der Waals surface area contributed by atoms with Crippen molar-refractivity contribution in [1.82, 2.24) is 25.4 Å². The van der Waals surface area contributed by atoms with Crippen molar-refractivity contribution in [2.24, 2.45) is 5.92 Å². The van der Waals surface area contributed by atoms with Gasteiger partial charge in [0.05, 0.1) is 24.3 Å². The van der Waals surface area contributed by atoms with Gasteiger partial charge in [-0.05, 0) is 50.2 Å². The summed E-state index contributed by atoms with van der Waals surface area (Å²) in [6, 6.07) is 4.24. The quantitative estimate of drug-likeness (QED) is 0.307. The van der Waals surface area contributed by atoms with E-state index in [-0.39, 0.29) is 12.1 Å². The Kier molecular flexibility index (Phi) is 9.03. The van der Waals surface area contributed by atoms with Gasteiger partial charge in [-0.25, -0.2) is 14.4 Å². The van der Waals surface area contributed by atoms with Crippen LogP contribution in [0.4, 0.5) is 10.3 Å². The zero-order valence-electron chi connectivity index (χ0n) is 21.0. The molecule has 1 amide bonds. The highest BCUT2D eigenvalue weighted by atomic mass is 19.1. The third-order valence-corrected chi connectivity index (χ3v) is 6.29. The van der Waals surface area contributed by atoms with Crippen molar-refractivity contribution in [2.75, 3.05) is 31.1 Å². The van der Waals surface area contributed by atoms with E-state index < -0.39 is 11.7 Å². The average Bonchev–Trinajstić information content (AvgIpc) is 3.39. The van der Waals surface area contributed by atoms with Gasteiger partial charge in [0.25, 0.3) is 5.91 Å². The predicted octanol–water partition coefficient (Wildman–Crippen LogP) is 4.06. The van der Waals surface area contributed by atoms with Crippen molar-refractivity contribution in [3.8, 4) is 29.5 Å². The largest absolute Gasteiger partial charge is 0.493 e. The number of carbonyl (C=O) groups excluding carboxylic acids is 1. The van der Waals surface area contributed by atoms with Crippen molar-refractivity contribution < 1.29 is 18.4 Å². The molecule has 1 fully saturated rings. The topological polar surface area (TPSA) is 106 Å². The van der Waals surface area contributed by atoms with Gasteiger partial charge in [-0.3, -0.25) is 4.79 Å². The van der Waals surface area contributed by atoms with Crippen LogP contribution in [0.3, 0.4) is 0 Å². The lowest BCUT2D eigenvalue weighted by Gasteiger charge is -2.32. The molecule has 2 aromatic heterocycles. The predicted molar refractivity (Wildman–Crippen MR) is 137 cm³/mol. The second-order valence-electron chi connectivity index (χ2n) is 8.98. The number of hydrogen-bond acceptors (Lipinski definition) is 8. The molecule has 0 aliphatic carbocycles. The first-order chi connectivity index (χ1) is 18.1. The van der Waals surface area contributed by atoms with E-state index >= 15 is 0 Å². The fourth-order valence-corrected chi connectivity index (χ4v) is 4.27. The summed E-state index contributed by atoms with van der Waals surface area (Å²) in [6.07, 6.45) is 14.3. The molecule has 1 N–H and O–H groups in total. The number of ether oxygens (including phenoxy) is 1. The normalized spacial score (nSPS) is 13.8. The fourth-order valence-electron chi connectivity index (χ4n) is 4.27. The van der Waals surface area contributed by atoms with E-state index in [2.05, 4.69) is 43.2 Å². The van der Waals surface area contributed by atoms with E-state index in [0.717, 1.165) is 57.2 Å². The molecule has 194 valence electrons. The Morgan fingerprint density at radius 2 is 2.08 bits per heavy atom. The lowest BCUT2D eigenvalue weighted by Crippen LogP contribution is -2.34. The van der Waals surface area contributed by atoms with Crippen molar-refractivity contribution in [1.29, 1.82) is 0 Å². The van der Waals surface area contributed by atoms with E-state index in [0.29, 0.717) is 35.9 Å². The van der Waals surface area contributed by atoms with Crippen LogP contribution < -0.4 is 15.0 Å². The number of nitrogens with zero attached hydrogens (tertiary/aromatic N) is 5. The third kappa shape index (κ3) is 7.03. The van der Waals surface area contributed by atoms with Crippen LogP contribution in [0.1, 0.15) is 55.3 Å². The molecule has 1 aliphatic rings. The maximum absolute atomic E-state index is 14.2. The number of nitrogens with one attached hydrogen (secondary N) is 1. The van der Waals surface area contributed by atoms with Gasteiger partial charge in [-0.15, -0.1) is 6.42 Å². The summed E-state index contributed by atoms with van der Waals surface area (Å²) in [5.74, 6) is 3.96. The lowest BCUT2D eigenvalue weighted by molar-refractivity contribution is 0.0954. The molecule has 0 atom stereocenters. The Morgan fingerprint density at radius 1 is 1.30 bits per heavy atom. The van der Waals surface area contributed by atoms with Gasteiger partial charge in [-0.2, -0.15) is 4.98 Å². The van der Waals surface area contributed by atoms with Gasteiger partial charge in [-0.1, -0.05) is 18.0 Å². The van der Waals surface area contributed by atoms with Crippen LogP contribution in [-0.4, -0.2) is 52.3 Å². The fraction of sp³-hybridized carbons (Fsp3) is 0.444. The molecule has 0 spiro atoms. The minimum atomic E-state index is -0.631. The number of halogens is 1. The summed E-state index contributed by atoms with van der Waals surface area (Å²) in [5.41, 5.74) is 0.690. The van der Waals surface area contributed by atoms with Gasteiger partial charge in [0.2, 0.25) is 17.7 Å². The van der Waals surface area contributed by atoms with Gasteiger partial charge in [0.1, 0.15) is 11.6 Å². The first-order valence-corrected chi connectivity index (χ1v) is 12.6. The highest BCUT2D eigenvalue weighted by molar-refractivity contribution is 5.94. The van der Waals surface area contributed by atoms with Crippen molar-refractivity contribution in [3.05, 3.63) is 47.9 Å². The third-order valence-electron chi connectivity index (χ3n) is 6.29. The van der Waals surface area contributed by atoms with Gasteiger partial charge in [0.15, 0.2) is 0 Å². The molecule has 0 unspecified atom stereocenters. The summed E-state index contributed by atoms with van der Waals surface area (Å²) < 4.78 is 25.2. The van der Waals surface area contributed by atoms with E-state index in [1.165, 1.54) is 12.1 Å². The molecule has 37 heavy (non-hydrogen) atoms. The Hall–Kier alpha value is -4.00. The Bertz CT molecular complexity index is 1220. The van der Waals surface area contributed by atoms with Crippen LogP contribution in [0.2, 0.25) is 0 Å². The summed E-state index contributed by atoms with van der Waals surface area (Å²) in [4.78, 5) is 27.5. The molecule has 9 nitrogen and oxygen atoms in total. The monoisotopic (exact) mass is 506 g/mol. The van der Waals surface area contributed by atoms with Gasteiger partial charge < -0.3 is 19.5 Å². The molecule has 3 aromatic rings. The first kappa shape index (κ1) is 26.1. The number of aromatic nitrogens is 4. The first-order valence-electron chi connectivity index (χ1n) is 12.6. The van der Waals surface area contributed by atoms with Crippen LogP contribution in [0.15, 0.2) is 35.1 Å². The highest BCUT2D eigenvalue weighted by Crippen LogP contribution is 2.25. The van der Waals surface area contributed by atoms with E-state index in [1.807, 2.05) is 0 Å². The molecule has 0 radical (unpaired) electrons. The van der Waals surface area contributed by atoms with E-state index in [1.54, 1.807) is 18.5 Å². The van der Waals surface area contributed by atoms with E-state index in [9.17, 15) is 9.18 Å². The summed E-state index contributed by atoms with van der Waals surface area (Å²) >= 11 is 0. The highest BCUT2D eigenvalue weighted by Gasteiger charge is 2.21. The number of rotatable bonds is 11. The van der Waals surface area contributed by atoms with Crippen LogP contribution >= 0.6 is 0 Å². The van der Waals surface area contributed by atoms with Gasteiger partial charge >= 0.3 is 0 Å². The van der Waals surface area contributed by atoms with Crippen LogP contribution in [0.25, 0.3) is 11.4 Å². The number of piperidine rings is 1. The number of anilines is 1. The van der Waals surface area contributed by atoms with Gasteiger partial charge in [0, 0.05) is 38.0 Å². The smallest absolute Gasteiger partial charge is 0.255 e. The van der Waals surface area contributed by atoms with Crippen LogP contribution in [0, 0.1) is 24.1 Å². The van der Waals surface area contributed by atoms with Crippen molar-refractivity contribution >= 4 is 11.9 Å². The second kappa shape index (κ2) is 12.8. The molecule has 0 bridgehead atoms. The number of carbonyl (C=O) groups is 1. The van der Waals surface area contributed by atoms with E-state index in [4.69, 9.17) is 15.7 Å². The second-order valence-corrected chi connectivity index (χ2v) is 8.98. The zero-order chi connectivity index (χ0) is 26.0. The Morgan fingerprint density at radius 3 is 2.78 bits per heavy atom.